The first-order valence-electron chi connectivity index (χ1n) is 9.57. The van der Waals surface area contributed by atoms with Crippen LogP contribution >= 0.6 is 0 Å². The van der Waals surface area contributed by atoms with Crippen molar-refractivity contribution in [3.8, 4) is 0 Å². The Morgan fingerprint density at radius 3 is 1.56 bits per heavy atom. The van der Waals surface area contributed by atoms with Crippen LogP contribution in [-0.2, 0) is 30.5 Å². The van der Waals surface area contributed by atoms with Gasteiger partial charge in [-0.2, -0.15) is 0 Å². The Bertz CT molecular complexity index is 670. The van der Waals surface area contributed by atoms with Gasteiger partial charge < -0.3 is 5.11 Å². The second-order valence-corrected chi connectivity index (χ2v) is 7.21. The van der Waals surface area contributed by atoms with Gasteiger partial charge in [-0.15, -0.1) is 0 Å². The average Bonchev–Trinajstić information content (AvgIpc) is 2.65. The van der Waals surface area contributed by atoms with Crippen LogP contribution in [0.15, 0.2) is 48.5 Å². The maximum Gasteiger partial charge on any atom is 0.161 e. The third kappa shape index (κ3) is 5.54. The minimum atomic E-state index is -0.846. The fourth-order valence-corrected chi connectivity index (χ4v) is 3.48. The van der Waals surface area contributed by atoms with Crippen LogP contribution in [0.2, 0.25) is 0 Å². The van der Waals surface area contributed by atoms with E-state index in [2.05, 4.69) is 48.5 Å². The zero-order valence-corrected chi connectivity index (χ0v) is 14.9. The molecule has 0 saturated heterocycles. The van der Waals surface area contributed by atoms with Crippen LogP contribution in [0.4, 0.5) is 0 Å². The summed E-state index contributed by atoms with van der Waals surface area (Å²) in [6, 6.07) is 17.3. The lowest BCUT2D eigenvalue weighted by molar-refractivity contribution is -0.127. The van der Waals surface area contributed by atoms with Gasteiger partial charge >= 0.3 is 0 Å². The molecule has 2 heteroatoms. The van der Waals surface area contributed by atoms with Crippen molar-refractivity contribution in [1.29, 1.82) is 0 Å². The maximum atomic E-state index is 12.2. The Labute approximate surface area is 150 Å². The number of hydrogen-bond acceptors (Lipinski definition) is 2. The van der Waals surface area contributed by atoms with Gasteiger partial charge in [0.05, 0.1) is 0 Å². The first-order chi connectivity index (χ1) is 12.2. The lowest BCUT2D eigenvalue weighted by Crippen LogP contribution is -2.21. The second-order valence-electron chi connectivity index (χ2n) is 7.21. The Morgan fingerprint density at radius 1 is 0.600 bits per heavy atom. The SMILES string of the molecule is O=C1CCc2ccc(cc2)CCCCCc2ccc(cc2)CCC1O. The Kier molecular flexibility index (Phi) is 6.41. The van der Waals surface area contributed by atoms with E-state index in [9.17, 15) is 9.90 Å². The fraction of sp³-hybridized carbons (Fsp3) is 0.435. The third-order valence-electron chi connectivity index (χ3n) is 5.22. The van der Waals surface area contributed by atoms with Gasteiger partial charge in [0.15, 0.2) is 5.78 Å². The Morgan fingerprint density at radius 2 is 1.04 bits per heavy atom. The molecule has 0 saturated carbocycles. The molecule has 0 spiro atoms. The van der Waals surface area contributed by atoms with E-state index in [1.165, 1.54) is 41.5 Å². The molecule has 25 heavy (non-hydrogen) atoms. The Balaban J connectivity index is 1.68. The van der Waals surface area contributed by atoms with Crippen molar-refractivity contribution in [2.45, 2.75) is 63.9 Å². The van der Waals surface area contributed by atoms with Crippen LogP contribution in [0, 0.1) is 0 Å². The number of hydrogen-bond donors (Lipinski definition) is 1. The van der Waals surface area contributed by atoms with Gasteiger partial charge in [-0.1, -0.05) is 55.0 Å². The van der Waals surface area contributed by atoms with Gasteiger partial charge in [0.2, 0.25) is 0 Å². The predicted octanol–water partition coefficient (Wildman–Crippen LogP) is 4.45. The topological polar surface area (TPSA) is 37.3 Å². The summed E-state index contributed by atoms with van der Waals surface area (Å²) in [5.74, 6) is -0.0430. The first-order valence-corrected chi connectivity index (χ1v) is 9.57. The third-order valence-corrected chi connectivity index (χ3v) is 5.22. The highest BCUT2D eigenvalue weighted by Crippen LogP contribution is 2.15. The summed E-state index contributed by atoms with van der Waals surface area (Å²) >= 11 is 0. The lowest BCUT2D eigenvalue weighted by Gasteiger charge is -2.10. The average molecular weight is 336 g/mol. The van der Waals surface area contributed by atoms with Gasteiger partial charge in [-0.25, -0.2) is 0 Å². The van der Waals surface area contributed by atoms with E-state index in [0.29, 0.717) is 19.3 Å². The molecule has 1 atom stereocenters. The number of rotatable bonds is 0. The molecule has 0 radical (unpaired) electrons. The van der Waals surface area contributed by atoms with E-state index >= 15 is 0 Å². The van der Waals surface area contributed by atoms with Crippen molar-refractivity contribution in [2.75, 3.05) is 0 Å². The largest absolute Gasteiger partial charge is 0.385 e. The molecule has 0 heterocycles. The van der Waals surface area contributed by atoms with Gasteiger partial charge in [0.25, 0.3) is 0 Å². The van der Waals surface area contributed by atoms with E-state index in [1.54, 1.807) is 0 Å². The van der Waals surface area contributed by atoms with Gasteiger partial charge in [0, 0.05) is 6.42 Å². The molecule has 0 amide bonds. The fourth-order valence-electron chi connectivity index (χ4n) is 3.48. The summed E-state index contributed by atoms with van der Waals surface area (Å²) in [5, 5.41) is 10.1. The van der Waals surface area contributed by atoms with Crippen molar-refractivity contribution < 1.29 is 9.90 Å². The quantitative estimate of drug-likeness (QED) is 0.772. The molecule has 132 valence electrons. The van der Waals surface area contributed by atoms with Gasteiger partial charge in [0.1, 0.15) is 6.10 Å². The number of aliphatic hydroxyl groups excluding tert-OH is 1. The second kappa shape index (κ2) is 8.96. The molecule has 2 aromatic carbocycles. The first kappa shape index (κ1) is 17.9. The number of Topliss-reactive ketones (excluding diaryl/α,β-unsaturated/α-hetero) is 1. The zero-order valence-electron chi connectivity index (χ0n) is 14.9. The molecule has 1 unspecified atom stereocenters. The van der Waals surface area contributed by atoms with Gasteiger partial charge in [-0.05, 0) is 67.2 Å². The maximum absolute atomic E-state index is 12.2. The van der Waals surface area contributed by atoms with E-state index in [4.69, 9.17) is 0 Å². The van der Waals surface area contributed by atoms with Crippen molar-refractivity contribution in [3.63, 3.8) is 0 Å². The predicted molar refractivity (Wildman–Crippen MR) is 102 cm³/mol. The van der Waals surface area contributed by atoms with E-state index in [1.807, 2.05) is 0 Å². The molecular formula is C23H28O2. The molecule has 2 nitrogen and oxygen atoms in total. The van der Waals surface area contributed by atoms with Crippen molar-refractivity contribution in [2.24, 2.45) is 0 Å². The van der Waals surface area contributed by atoms with E-state index in [-0.39, 0.29) is 5.78 Å². The molecule has 0 aliphatic heterocycles. The highest BCUT2D eigenvalue weighted by atomic mass is 16.3. The minimum absolute atomic E-state index is 0.0430. The summed E-state index contributed by atoms with van der Waals surface area (Å²) < 4.78 is 0. The number of aryl methyl sites for hydroxylation is 4. The van der Waals surface area contributed by atoms with Crippen LogP contribution in [0.25, 0.3) is 0 Å². The van der Waals surface area contributed by atoms with Crippen LogP contribution in [0.5, 0.6) is 0 Å². The molecule has 4 aliphatic rings. The summed E-state index contributed by atoms with van der Waals surface area (Å²) in [7, 11) is 0. The number of carbonyl (C=O) groups is 1. The van der Waals surface area contributed by atoms with Crippen LogP contribution in [0.3, 0.4) is 0 Å². The number of aliphatic hydroxyl groups is 1. The van der Waals surface area contributed by atoms with Crippen molar-refractivity contribution in [3.05, 3.63) is 70.8 Å². The van der Waals surface area contributed by atoms with Crippen molar-refractivity contribution in [1.82, 2.24) is 0 Å². The minimum Gasteiger partial charge on any atom is -0.385 e. The molecule has 1 N–H and O–H groups in total. The lowest BCUT2D eigenvalue weighted by atomic mass is 9.99. The highest BCUT2D eigenvalue weighted by molar-refractivity contribution is 5.83. The molecule has 4 bridgehead atoms. The molecule has 0 aromatic heterocycles. The normalized spacial score (nSPS) is 20.0. The van der Waals surface area contributed by atoms with E-state index in [0.717, 1.165) is 19.3 Å². The van der Waals surface area contributed by atoms with Gasteiger partial charge in [-0.3, -0.25) is 4.79 Å². The monoisotopic (exact) mass is 336 g/mol. The summed E-state index contributed by atoms with van der Waals surface area (Å²) in [6.45, 7) is 0. The standard InChI is InChI=1S/C23H28O2/c24-22-16-14-20-10-6-18(7-11-20)4-2-1-3-5-19-8-12-21(13-9-19)15-17-23(22)25/h6-13,22,24H,1-5,14-17H2. The van der Waals surface area contributed by atoms with E-state index < -0.39 is 6.10 Å². The highest BCUT2D eigenvalue weighted by Gasteiger charge is 2.15. The van der Waals surface area contributed by atoms with Crippen molar-refractivity contribution >= 4 is 5.78 Å². The number of ketones is 1. The van der Waals surface area contributed by atoms with Crippen LogP contribution in [0.1, 0.15) is 54.4 Å². The molecule has 2 aromatic rings. The summed E-state index contributed by atoms with van der Waals surface area (Å²) in [5.41, 5.74) is 5.13. The smallest absolute Gasteiger partial charge is 0.161 e. The summed E-state index contributed by atoms with van der Waals surface area (Å²) in [6.07, 6.45) is 7.50. The zero-order chi connectivity index (χ0) is 17.5. The van der Waals surface area contributed by atoms with Crippen LogP contribution < -0.4 is 0 Å². The molecule has 6 rings (SSSR count). The summed E-state index contributed by atoms with van der Waals surface area (Å²) in [4.78, 5) is 12.2. The molecule has 4 aliphatic carbocycles. The number of carbonyl (C=O) groups excluding carboxylic acids is 1. The molecular weight excluding hydrogens is 308 g/mol. The number of benzene rings is 2. The van der Waals surface area contributed by atoms with Crippen LogP contribution in [-0.4, -0.2) is 17.0 Å². The molecule has 0 fully saturated rings. The Hall–Kier alpha value is -1.93.